The second kappa shape index (κ2) is 6.61. The highest BCUT2D eigenvalue weighted by molar-refractivity contribution is 5.84. The lowest BCUT2D eigenvalue weighted by molar-refractivity contribution is -0.991. The molecule has 1 unspecified atom stereocenters. The van der Waals surface area contributed by atoms with Gasteiger partial charge in [0.25, 0.3) is 0 Å². The summed E-state index contributed by atoms with van der Waals surface area (Å²) in [5.41, 5.74) is 3.95. The molecule has 18 heavy (non-hydrogen) atoms. The highest BCUT2D eigenvalue weighted by Crippen LogP contribution is 2.09. The minimum absolute atomic E-state index is 0.00390. The number of nitrogens with one attached hydrogen (secondary N) is 3. The molecule has 8 nitrogen and oxygen atoms in total. The quantitative estimate of drug-likeness (QED) is 0.274. The highest BCUT2D eigenvalue weighted by Gasteiger charge is 2.05. The molecule has 1 aromatic rings. The number of halogens is 1. The van der Waals surface area contributed by atoms with Crippen LogP contribution in [0.2, 0.25) is 0 Å². The predicted molar refractivity (Wildman–Crippen MR) is 61.2 cm³/mol. The van der Waals surface area contributed by atoms with Crippen LogP contribution < -0.4 is 16.1 Å². The predicted octanol–water partition coefficient (Wildman–Crippen LogP) is -0.883. The number of benzene rings is 1. The van der Waals surface area contributed by atoms with E-state index in [1.165, 1.54) is 7.05 Å². The molecule has 1 atom stereocenters. The molecule has 0 fully saturated rings. The number of hydrogen-bond acceptors (Lipinski definition) is 5. The summed E-state index contributed by atoms with van der Waals surface area (Å²) >= 11 is 0. The second-order valence-electron chi connectivity index (χ2n) is 3.10. The molecule has 0 saturated heterocycles. The zero-order valence-electron chi connectivity index (χ0n) is 9.38. The van der Waals surface area contributed by atoms with Crippen molar-refractivity contribution in [1.29, 1.82) is 0 Å². The largest absolute Gasteiger partial charge is 0.595 e. The SMILES string of the molecule is CN=C(NO)N/N=C/c1cc([NH+]([O-])O)ccc1F. The number of rotatable bonds is 3. The average Bonchev–Trinajstić information content (AvgIpc) is 2.36. The number of hydroxylamine groups is 1. The minimum Gasteiger partial charge on any atom is -0.595 e. The molecular weight excluding hydrogens is 245 g/mol. The van der Waals surface area contributed by atoms with Crippen LogP contribution in [-0.4, -0.2) is 29.6 Å². The van der Waals surface area contributed by atoms with Crippen molar-refractivity contribution in [1.82, 2.24) is 10.9 Å². The summed E-state index contributed by atoms with van der Waals surface area (Å²) in [6.07, 6.45) is 1.07. The number of guanidine groups is 1. The molecule has 9 heteroatoms. The Morgan fingerprint density at radius 3 is 2.83 bits per heavy atom. The number of quaternary nitrogens is 1. The van der Waals surface area contributed by atoms with Gasteiger partial charge in [0.2, 0.25) is 5.96 Å². The van der Waals surface area contributed by atoms with Gasteiger partial charge in [0.05, 0.1) is 6.21 Å². The number of nitrogens with zero attached hydrogens (tertiary/aromatic N) is 2. The molecule has 1 aromatic carbocycles. The first-order valence-corrected chi connectivity index (χ1v) is 4.77. The van der Waals surface area contributed by atoms with E-state index in [-0.39, 0.29) is 17.2 Å². The van der Waals surface area contributed by atoms with Crippen molar-refractivity contribution in [2.45, 2.75) is 0 Å². The van der Waals surface area contributed by atoms with E-state index in [0.29, 0.717) is 0 Å². The van der Waals surface area contributed by atoms with Crippen molar-refractivity contribution < 1.29 is 20.0 Å². The van der Waals surface area contributed by atoms with Crippen LogP contribution in [-0.2, 0) is 0 Å². The van der Waals surface area contributed by atoms with Gasteiger partial charge in [0.15, 0.2) is 5.69 Å². The fourth-order valence-electron chi connectivity index (χ4n) is 1.06. The molecule has 1 rings (SSSR count). The van der Waals surface area contributed by atoms with Crippen molar-refractivity contribution >= 4 is 17.9 Å². The van der Waals surface area contributed by atoms with Crippen molar-refractivity contribution in [3.63, 3.8) is 0 Å². The Kier molecular flexibility index (Phi) is 5.14. The third kappa shape index (κ3) is 3.75. The molecule has 98 valence electrons. The molecule has 0 radical (unpaired) electrons. The molecule has 5 N–H and O–H groups in total. The van der Waals surface area contributed by atoms with Crippen LogP contribution in [0.15, 0.2) is 28.3 Å². The van der Waals surface area contributed by atoms with Crippen LogP contribution >= 0.6 is 0 Å². The first-order chi connectivity index (χ1) is 8.58. The van der Waals surface area contributed by atoms with Gasteiger partial charge in [-0.3, -0.25) is 10.2 Å². The molecule has 0 aliphatic carbocycles. The molecule has 0 amide bonds. The first-order valence-electron chi connectivity index (χ1n) is 4.77. The van der Waals surface area contributed by atoms with Crippen molar-refractivity contribution in [2.24, 2.45) is 10.1 Å². The second-order valence-corrected chi connectivity index (χ2v) is 3.10. The number of hydrazone groups is 1. The van der Waals surface area contributed by atoms with Gasteiger partial charge in [0.1, 0.15) is 5.82 Å². The maximum absolute atomic E-state index is 13.3. The topological polar surface area (TPSA) is 117 Å². The monoisotopic (exact) mass is 257 g/mol. The maximum atomic E-state index is 13.3. The molecule has 0 aliphatic heterocycles. The van der Waals surface area contributed by atoms with Crippen molar-refractivity contribution in [3.8, 4) is 0 Å². The van der Waals surface area contributed by atoms with E-state index in [2.05, 4.69) is 15.5 Å². The normalized spacial score (nSPS) is 13.7. The van der Waals surface area contributed by atoms with E-state index in [0.717, 1.165) is 24.4 Å². The molecule has 0 bridgehead atoms. The van der Waals surface area contributed by atoms with Crippen molar-refractivity contribution in [3.05, 3.63) is 34.8 Å². The van der Waals surface area contributed by atoms with Gasteiger partial charge in [-0.15, -0.1) is 0 Å². The fraction of sp³-hybridized carbons (Fsp3) is 0.111. The maximum Gasteiger partial charge on any atom is 0.236 e. The summed E-state index contributed by atoms with van der Waals surface area (Å²) in [5.74, 6) is -0.654. The van der Waals surface area contributed by atoms with Gasteiger partial charge in [-0.2, -0.15) is 10.3 Å². The van der Waals surface area contributed by atoms with Crippen LogP contribution in [0.1, 0.15) is 5.56 Å². The zero-order valence-corrected chi connectivity index (χ0v) is 9.38. The highest BCUT2D eigenvalue weighted by atomic mass is 19.1. The standard InChI is InChI=1S/C9H12FN5O3/c1-11-9(14-16)13-12-5-6-4-7(15(17)18)2-3-8(6)10/h2-5,15-17H,1H3,(H2,11,13,14)/b12-5+. The van der Waals surface area contributed by atoms with E-state index >= 15 is 0 Å². The Labute approximate surface area is 102 Å². The van der Waals surface area contributed by atoms with Crippen LogP contribution in [0.4, 0.5) is 10.1 Å². The third-order valence-corrected chi connectivity index (χ3v) is 1.95. The molecule has 0 heterocycles. The molecule has 0 saturated carbocycles. The number of hydrogen-bond donors (Lipinski definition) is 5. The van der Waals surface area contributed by atoms with E-state index in [4.69, 9.17) is 10.4 Å². The Balaban J connectivity index is 2.83. The summed E-state index contributed by atoms with van der Waals surface area (Å²) in [7, 11) is 1.40. The molecule has 0 spiro atoms. The Hall–Kier alpha value is -2.07. The zero-order chi connectivity index (χ0) is 13.5. The van der Waals surface area contributed by atoms with Gasteiger partial charge in [-0.1, -0.05) is 0 Å². The van der Waals surface area contributed by atoms with Crippen LogP contribution in [0.3, 0.4) is 0 Å². The molecular formula is C9H12FN5O3. The Bertz CT molecular complexity index is 464. The summed E-state index contributed by atoms with van der Waals surface area (Å²) in [5, 5.41) is 30.4. The van der Waals surface area contributed by atoms with Crippen LogP contribution in [0, 0.1) is 11.0 Å². The van der Waals surface area contributed by atoms with Gasteiger partial charge in [-0.25, -0.2) is 20.5 Å². The smallest absolute Gasteiger partial charge is 0.236 e. The Morgan fingerprint density at radius 2 is 2.28 bits per heavy atom. The fourth-order valence-corrected chi connectivity index (χ4v) is 1.06. The van der Waals surface area contributed by atoms with E-state index in [1.807, 2.05) is 0 Å². The lowest BCUT2D eigenvalue weighted by Crippen LogP contribution is -2.99. The Morgan fingerprint density at radius 1 is 1.56 bits per heavy atom. The summed E-state index contributed by atoms with van der Waals surface area (Å²) in [6.45, 7) is 0. The minimum atomic E-state index is -1.16. The lowest BCUT2D eigenvalue weighted by Gasteiger charge is -2.11. The summed E-state index contributed by atoms with van der Waals surface area (Å²) in [6, 6.07) is 3.32. The molecule has 0 aliphatic rings. The van der Waals surface area contributed by atoms with E-state index in [1.54, 1.807) is 5.48 Å². The summed E-state index contributed by atoms with van der Waals surface area (Å²) < 4.78 is 13.3. The van der Waals surface area contributed by atoms with Gasteiger partial charge >= 0.3 is 0 Å². The van der Waals surface area contributed by atoms with E-state index < -0.39 is 11.0 Å². The van der Waals surface area contributed by atoms with Gasteiger partial charge in [0, 0.05) is 24.7 Å². The first kappa shape index (κ1) is 14.0. The third-order valence-electron chi connectivity index (χ3n) is 1.95. The van der Waals surface area contributed by atoms with Gasteiger partial charge < -0.3 is 5.21 Å². The number of aliphatic imine (C=N–C) groups is 1. The van der Waals surface area contributed by atoms with Crippen LogP contribution in [0.25, 0.3) is 0 Å². The van der Waals surface area contributed by atoms with Gasteiger partial charge in [-0.05, 0) is 6.07 Å². The molecule has 0 aromatic heterocycles. The van der Waals surface area contributed by atoms with Crippen LogP contribution in [0.5, 0.6) is 0 Å². The van der Waals surface area contributed by atoms with Crippen molar-refractivity contribution in [2.75, 3.05) is 7.05 Å². The summed E-state index contributed by atoms with van der Waals surface area (Å²) in [4.78, 5) is 3.55. The average molecular weight is 257 g/mol. The van der Waals surface area contributed by atoms with E-state index in [9.17, 15) is 9.60 Å². The lowest BCUT2D eigenvalue weighted by atomic mass is 10.2.